The van der Waals surface area contributed by atoms with Crippen molar-refractivity contribution in [3.8, 4) is 0 Å². The fourth-order valence-electron chi connectivity index (χ4n) is 4.13. The molecule has 0 atom stereocenters. The predicted octanol–water partition coefficient (Wildman–Crippen LogP) is 1.91. The van der Waals surface area contributed by atoms with Crippen molar-refractivity contribution in [1.82, 2.24) is 9.80 Å². The second kappa shape index (κ2) is 9.00. The maximum atomic E-state index is 13.1. The van der Waals surface area contributed by atoms with Crippen LogP contribution in [0.4, 0.5) is 0 Å². The second-order valence-corrected chi connectivity index (χ2v) is 7.16. The van der Waals surface area contributed by atoms with Crippen molar-refractivity contribution in [3.05, 3.63) is 0 Å². The van der Waals surface area contributed by atoms with Gasteiger partial charge in [0.25, 0.3) is 0 Å². The zero-order valence-electron chi connectivity index (χ0n) is 14.4. The second-order valence-electron chi connectivity index (χ2n) is 7.16. The van der Waals surface area contributed by atoms with E-state index in [9.17, 15) is 4.79 Å². The van der Waals surface area contributed by atoms with Gasteiger partial charge in [0.1, 0.15) is 0 Å². The molecule has 0 bridgehead atoms. The molecule has 0 radical (unpaired) electrons. The van der Waals surface area contributed by atoms with E-state index in [1.54, 1.807) is 0 Å². The number of carbonyl (C=O) groups is 1. The molecule has 0 aromatic heterocycles. The Balaban J connectivity index is 1.58. The van der Waals surface area contributed by atoms with Gasteiger partial charge in [-0.1, -0.05) is 19.3 Å². The summed E-state index contributed by atoms with van der Waals surface area (Å²) in [4.78, 5) is 17.8. The molecule has 2 saturated heterocycles. The molecule has 0 N–H and O–H groups in total. The molecule has 0 aromatic rings. The maximum Gasteiger partial charge on any atom is 0.225 e. The Morgan fingerprint density at radius 1 is 0.913 bits per heavy atom. The van der Waals surface area contributed by atoms with Crippen LogP contribution in [0.25, 0.3) is 0 Å². The number of ether oxygens (including phenoxy) is 2. The third-order valence-electron chi connectivity index (χ3n) is 5.63. The molecule has 5 nitrogen and oxygen atoms in total. The van der Waals surface area contributed by atoms with Crippen molar-refractivity contribution in [1.29, 1.82) is 0 Å². The molecule has 0 spiro atoms. The fraction of sp³-hybridized carbons (Fsp3) is 0.944. The number of rotatable bonds is 5. The average Bonchev–Trinajstić information content (AvgIpc) is 2.64. The van der Waals surface area contributed by atoms with Gasteiger partial charge in [-0.25, -0.2) is 0 Å². The summed E-state index contributed by atoms with van der Waals surface area (Å²) in [6.45, 7) is 7.12. The molecule has 3 rings (SSSR count). The summed E-state index contributed by atoms with van der Waals surface area (Å²) in [6, 6.07) is 0.388. The van der Waals surface area contributed by atoms with E-state index in [4.69, 9.17) is 9.47 Å². The summed E-state index contributed by atoms with van der Waals surface area (Å²) >= 11 is 0. The van der Waals surface area contributed by atoms with Gasteiger partial charge in [0, 0.05) is 51.4 Å². The largest absolute Gasteiger partial charge is 0.381 e. The van der Waals surface area contributed by atoms with Crippen molar-refractivity contribution in [2.45, 2.75) is 51.0 Å². The Labute approximate surface area is 140 Å². The normalized spacial score (nSPS) is 25.4. The molecule has 3 fully saturated rings. The van der Waals surface area contributed by atoms with E-state index in [2.05, 4.69) is 9.80 Å². The van der Waals surface area contributed by atoms with Crippen LogP contribution in [0.1, 0.15) is 44.9 Å². The summed E-state index contributed by atoms with van der Waals surface area (Å²) in [6.07, 6.45) is 7.94. The van der Waals surface area contributed by atoms with Gasteiger partial charge in [-0.2, -0.15) is 0 Å². The molecule has 0 aromatic carbocycles. The van der Waals surface area contributed by atoms with Crippen LogP contribution in [0.2, 0.25) is 0 Å². The fourth-order valence-corrected chi connectivity index (χ4v) is 4.13. The van der Waals surface area contributed by atoms with Gasteiger partial charge < -0.3 is 14.4 Å². The standard InChI is InChI=1S/C18H32N2O3/c21-18(16-4-2-1-3-5-16)20(17-6-12-22-13-7-17)9-8-19-10-14-23-15-11-19/h16-17H,1-15H2. The zero-order chi connectivity index (χ0) is 15.9. The average molecular weight is 324 g/mol. The summed E-state index contributed by atoms with van der Waals surface area (Å²) in [5.41, 5.74) is 0. The van der Waals surface area contributed by atoms with E-state index in [1.165, 1.54) is 19.3 Å². The Bertz CT molecular complexity index is 359. The number of amides is 1. The number of nitrogens with zero attached hydrogens (tertiary/aromatic N) is 2. The predicted molar refractivity (Wildman–Crippen MR) is 89.4 cm³/mol. The third-order valence-corrected chi connectivity index (χ3v) is 5.63. The van der Waals surface area contributed by atoms with Crippen LogP contribution in [0.3, 0.4) is 0 Å². The van der Waals surface area contributed by atoms with E-state index in [0.717, 1.165) is 78.3 Å². The SMILES string of the molecule is O=C(C1CCCCC1)N(CCN1CCOCC1)C1CCOCC1. The van der Waals surface area contributed by atoms with Gasteiger partial charge in [0.2, 0.25) is 5.91 Å². The van der Waals surface area contributed by atoms with Crippen molar-refractivity contribution < 1.29 is 14.3 Å². The van der Waals surface area contributed by atoms with Crippen LogP contribution in [-0.4, -0.2) is 74.4 Å². The monoisotopic (exact) mass is 324 g/mol. The van der Waals surface area contributed by atoms with E-state index in [1.807, 2.05) is 0 Å². The third kappa shape index (κ3) is 4.91. The highest BCUT2D eigenvalue weighted by Gasteiger charge is 2.31. The molecular weight excluding hydrogens is 292 g/mol. The lowest BCUT2D eigenvalue weighted by Crippen LogP contribution is -2.50. The number of hydrogen-bond acceptors (Lipinski definition) is 4. The number of carbonyl (C=O) groups excluding carboxylic acids is 1. The molecule has 2 aliphatic heterocycles. The minimum atomic E-state index is 0.274. The highest BCUT2D eigenvalue weighted by Crippen LogP contribution is 2.27. The minimum Gasteiger partial charge on any atom is -0.381 e. The molecule has 132 valence electrons. The molecule has 0 unspecified atom stereocenters. The van der Waals surface area contributed by atoms with Crippen molar-refractivity contribution in [2.24, 2.45) is 5.92 Å². The topological polar surface area (TPSA) is 42.0 Å². The Kier molecular flexibility index (Phi) is 6.72. The molecule has 5 heteroatoms. The molecule has 3 aliphatic rings. The molecule has 1 amide bonds. The van der Waals surface area contributed by atoms with E-state index >= 15 is 0 Å². The summed E-state index contributed by atoms with van der Waals surface area (Å²) in [5, 5.41) is 0. The van der Waals surface area contributed by atoms with Crippen LogP contribution in [0.15, 0.2) is 0 Å². The summed E-state index contributed by atoms with van der Waals surface area (Å²) in [5.74, 6) is 0.696. The quantitative estimate of drug-likeness (QED) is 0.775. The number of morpholine rings is 1. The van der Waals surface area contributed by atoms with Crippen LogP contribution >= 0.6 is 0 Å². The summed E-state index contributed by atoms with van der Waals surface area (Å²) in [7, 11) is 0. The van der Waals surface area contributed by atoms with Crippen molar-refractivity contribution in [2.75, 3.05) is 52.6 Å². The Hall–Kier alpha value is -0.650. The zero-order valence-corrected chi connectivity index (χ0v) is 14.4. The van der Waals surface area contributed by atoms with Crippen LogP contribution in [-0.2, 0) is 14.3 Å². The van der Waals surface area contributed by atoms with E-state index in [-0.39, 0.29) is 5.92 Å². The highest BCUT2D eigenvalue weighted by atomic mass is 16.5. The van der Waals surface area contributed by atoms with Gasteiger partial charge in [-0.15, -0.1) is 0 Å². The first-order valence-corrected chi connectivity index (χ1v) is 9.53. The first-order chi connectivity index (χ1) is 11.3. The molecule has 1 aliphatic carbocycles. The first-order valence-electron chi connectivity index (χ1n) is 9.53. The number of hydrogen-bond donors (Lipinski definition) is 0. The lowest BCUT2D eigenvalue weighted by Gasteiger charge is -2.39. The Morgan fingerprint density at radius 2 is 1.57 bits per heavy atom. The van der Waals surface area contributed by atoms with Crippen molar-refractivity contribution in [3.63, 3.8) is 0 Å². The van der Waals surface area contributed by atoms with E-state index < -0.39 is 0 Å². The minimum absolute atomic E-state index is 0.274. The maximum absolute atomic E-state index is 13.1. The van der Waals surface area contributed by atoms with Gasteiger partial charge in [-0.05, 0) is 25.7 Å². The van der Waals surface area contributed by atoms with Crippen LogP contribution in [0, 0.1) is 5.92 Å². The summed E-state index contributed by atoms with van der Waals surface area (Å²) < 4.78 is 10.9. The lowest BCUT2D eigenvalue weighted by molar-refractivity contribution is -0.141. The van der Waals surface area contributed by atoms with Gasteiger partial charge in [0.05, 0.1) is 13.2 Å². The first kappa shape index (κ1) is 17.2. The van der Waals surface area contributed by atoms with Gasteiger partial charge >= 0.3 is 0 Å². The molecular formula is C18H32N2O3. The van der Waals surface area contributed by atoms with E-state index in [0.29, 0.717) is 11.9 Å². The van der Waals surface area contributed by atoms with Crippen LogP contribution in [0.5, 0.6) is 0 Å². The lowest BCUT2D eigenvalue weighted by atomic mass is 9.87. The van der Waals surface area contributed by atoms with Gasteiger partial charge in [-0.3, -0.25) is 9.69 Å². The Morgan fingerprint density at radius 3 is 2.26 bits per heavy atom. The van der Waals surface area contributed by atoms with Gasteiger partial charge in [0.15, 0.2) is 0 Å². The smallest absolute Gasteiger partial charge is 0.225 e. The molecule has 23 heavy (non-hydrogen) atoms. The molecule has 2 heterocycles. The highest BCUT2D eigenvalue weighted by molar-refractivity contribution is 5.79. The molecule has 1 saturated carbocycles. The van der Waals surface area contributed by atoms with Crippen molar-refractivity contribution >= 4 is 5.91 Å². The van der Waals surface area contributed by atoms with Crippen LogP contribution < -0.4 is 0 Å².